The normalized spacial score (nSPS) is 16.5. The topological polar surface area (TPSA) is 96.1 Å². The summed E-state index contributed by atoms with van der Waals surface area (Å²) in [5.41, 5.74) is 3.27. The summed E-state index contributed by atoms with van der Waals surface area (Å²) in [5.74, 6) is -0.362. The van der Waals surface area contributed by atoms with Crippen molar-refractivity contribution in [1.29, 1.82) is 0 Å². The predicted molar refractivity (Wildman–Crippen MR) is 119 cm³/mol. The molecule has 1 aliphatic rings. The van der Waals surface area contributed by atoms with E-state index < -0.39 is 5.92 Å². The number of amides is 2. The van der Waals surface area contributed by atoms with Crippen LogP contribution in [0.1, 0.15) is 24.8 Å². The van der Waals surface area contributed by atoms with Gasteiger partial charge in [0.15, 0.2) is 0 Å². The molecule has 154 valence electrons. The number of aromatic nitrogens is 2. The average molecular weight is 490 g/mol. The molecule has 2 amide bonds. The third-order valence-electron chi connectivity index (χ3n) is 5.07. The number of nitrogens with zero attached hydrogens (tertiary/aromatic N) is 1. The number of benzene rings is 2. The maximum Gasteiger partial charge on any atom is 0.253 e. The van der Waals surface area contributed by atoms with Crippen LogP contribution in [0.4, 0.5) is 5.69 Å². The zero-order valence-corrected chi connectivity index (χ0v) is 18.5. The van der Waals surface area contributed by atoms with Crippen LogP contribution in [-0.2, 0) is 9.59 Å². The van der Waals surface area contributed by atoms with Gasteiger partial charge in [-0.15, -0.1) is 0 Å². The molecule has 0 bridgehead atoms. The minimum absolute atomic E-state index is 0.147. The first-order valence-corrected chi connectivity index (χ1v) is 10.3. The number of hydrogen-bond acceptors (Lipinski definition) is 4. The van der Waals surface area contributed by atoms with Gasteiger partial charge in [0.25, 0.3) is 5.91 Å². The third-order valence-corrected chi connectivity index (χ3v) is 5.98. The van der Waals surface area contributed by atoms with E-state index in [1.54, 1.807) is 25.1 Å². The van der Waals surface area contributed by atoms with Gasteiger partial charge in [-0.1, -0.05) is 17.7 Å². The van der Waals surface area contributed by atoms with E-state index in [9.17, 15) is 9.59 Å². The summed E-state index contributed by atoms with van der Waals surface area (Å²) in [6.07, 6.45) is 0.150. The number of H-pyrrole nitrogens is 1. The molecule has 2 aromatic carbocycles. The van der Waals surface area contributed by atoms with E-state index in [4.69, 9.17) is 16.3 Å². The van der Waals surface area contributed by atoms with Gasteiger partial charge >= 0.3 is 0 Å². The van der Waals surface area contributed by atoms with E-state index in [2.05, 4.69) is 36.8 Å². The number of carbonyl (C=O) groups excluding carboxylic acids is 2. The summed E-state index contributed by atoms with van der Waals surface area (Å²) in [7, 11) is 1.53. The molecule has 9 heteroatoms. The summed E-state index contributed by atoms with van der Waals surface area (Å²) in [6.45, 7) is 1.72. The summed E-state index contributed by atoms with van der Waals surface area (Å²) in [5, 5.41) is 14.0. The molecule has 0 fully saturated rings. The lowest BCUT2D eigenvalue weighted by atomic mass is 9.84. The Morgan fingerprint density at radius 3 is 2.87 bits per heavy atom. The van der Waals surface area contributed by atoms with Crippen LogP contribution in [0.15, 0.2) is 52.3 Å². The van der Waals surface area contributed by atoms with Crippen molar-refractivity contribution in [3.05, 3.63) is 62.9 Å². The SMILES string of the molecule is COc1cc(C2CC(=O)NC(C)=C2C(=O)Nc2ccc3[nH]nc(Br)c3c2)ccc1Cl. The van der Waals surface area contributed by atoms with Crippen molar-refractivity contribution in [3.63, 3.8) is 0 Å². The van der Waals surface area contributed by atoms with Crippen LogP contribution >= 0.6 is 27.5 Å². The number of allylic oxidation sites excluding steroid dienone is 1. The van der Waals surface area contributed by atoms with Gasteiger partial charge < -0.3 is 15.4 Å². The largest absolute Gasteiger partial charge is 0.495 e. The van der Waals surface area contributed by atoms with Gasteiger partial charge in [-0.2, -0.15) is 5.10 Å². The molecule has 0 radical (unpaired) electrons. The Labute approximate surface area is 185 Å². The fraction of sp³-hybridized carbons (Fsp3) is 0.190. The Bertz CT molecular complexity index is 1200. The fourth-order valence-corrected chi connectivity index (χ4v) is 4.25. The Morgan fingerprint density at radius 2 is 2.10 bits per heavy atom. The summed E-state index contributed by atoms with van der Waals surface area (Å²) >= 11 is 9.53. The quantitative estimate of drug-likeness (QED) is 0.503. The molecule has 4 rings (SSSR count). The van der Waals surface area contributed by atoms with Gasteiger partial charge in [0.05, 0.1) is 17.6 Å². The second kappa shape index (κ2) is 8.12. The van der Waals surface area contributed by atoms with Crippen LogP contribution in [0.2, 0.25) is 5.02 Å². The van der Waals surface area contributed by atoms with Crippen molar-refractivity contribution in [2.45, 2.75) is 19.3 Å². The van der Waals surface area contributed by atoms with Crippen molar-refractivity contribution in [1.82, 2.24) is 15.5 Å². The van der Waals surface area contributed by atoms with Crippen LogP contribution in [0.5, 0.6) is 5.75 Å². The zero-order valence-electron chi connectivity index (χ0n) is 16.2. The Morgan fingerprint density at radius 1 is 1.30 bits per heavy atom. The second-order valence-electron chi connectivity index (χ2n) is 6.97. The van der Waals surface area contributed by atoms with E-state index in [1.165, 1.54) is 7.11 Å². The summed E-state index contributed by atoms with van der Waals surface area (Å²) < 4.78 is 5.97. The standard InChI is InChI=1S/C21H18BrClN4O3/c1-10-19(21(29)25-12-4-6-16-14(8-12)20(22)27-26-16)13(9-18(28)24-10)11-3-5-15(23)17(7-11)30-2/h3-8,13H,9H2,1-2H3,(H,24,28)(H,25,29)(H,26,27). The highest BCUT2D eigenvalue weighted by molar-refractivity contribution is 9.10. The molecule has 0 aliphatic carbocycles. The van der Waals surface area contributed by atoms with Crippen LogP contribution < -0.4 is 15.4 Å². The van der Waals surface area contributed by atoms with Crippen molar-refractivity contribution >= 4 is 55.9 Å². The van der Waals surface area contributed by atoms with Crippen molar-refractivity contribution in [3.8, 4) is 5.75 Å². The molecule has 2 heterocycles. The predicted octanol–water partition coefficient (Wildman–Crippen LogP) is 4.50. The van der Waals surface area contributed by atoms with Gasteiger partial charge in [-0.3, -0.25) is 14.7 Å². The Hall–Kier alpha value is -2.84. The minimum Gasteiger partial charge on any atom is -0.495 e. The van der Waals surface area contributed by atoms with Crippen LogP contribution in [0.3, 0.4) is 0 Å². The molecule has 1 atom stereocenters. The van der Waals surface area contributed by atoms with E-state index in [-0.39, 0.29) is 18.2 Å². The molecule has 1 unspecified atom stereocenters. The highest BCUT2D eigenvalue weighted by Gasteiger charge is 2.32. The third kappa shape index (κ3) is 3.80. The number of methoxy groups -OCH3 is 1. The molecule has 1 aromatic heterocycles. The van der Waals surface area contributed by atoms with E-state index in [0.29, 0.717) is 32.3 Å². The number of carbonyl (C=O) groups is 2. The van der Waals surface area contributed by atoms with Crippen molar-refractivity contribution in [2.75, 3.05) is 12.4 Å². The Kier molecular flexibility index (Phi) is 5.53. The van der Waals surface area contributed by atoms with E-state index in [0.717, 1.165) is 16.5 Å². The number of ether oxygens (including phenoxy) is 1. The maximum absolute atomic E-state index is 13.2. The second-order valence-corrected chi connectivity index (χ2v) is 8.12. The number of fused-ring (bicyclic) bond motifs is 1. The number of anilines is 1. The first kappa shape index (κ1) is 20.4. The first-order valence-electron chi connectivity index (χ1n) is 9.16. The molecule has 0 spiro atoms. The first-order chi connectivity index (χ1) is 14.4. The van der Waals surface area contributed by atoms with Gasteiger partial charge in [0.1, 0.15) is 10.4 Å². The maximum atomic E-state index is 13.2. The number of halogens is 2. The number of hydrogen-bond donors (Lipinski definition) is 3. The molecule has 7 nitrogen and oxygen atoms in total. The molecular formula is C21H18BrClN4O3. The van der Waals surface area contributed by atoms with Crippen molar-refractivity contribution in [2.24, 2.45) is 0 Å². The summed E-state index contributed by atoms with van der Waals surface area (Å²) in [4.78, 5) is 25.4. The lowest BCUT2D eigenvalue weighted by Crippen LogP contribution is -2.35. The highest BCUT2D eigenvalue weighted by atomic mass is 79.9. The van der Waals surface area contributed by atoms with Gasteiger partial charge in [-0.05, 0) is 58.7 Å². The smallest absolute Gasteiger partial charge is 0.253 e. The monoisotopic (exact) mass is 488 g/mol. The number of aromatic amines is 1. The van der Waals surface area contributed by atoms with Gasteiger partial charge in [-0.25, -0.2) is 0 Å². The fourth-order valence-electron chi connectivity index (χ4n) is 3.64. The number of nitrogens with one attached hydrogen (secondary N) is 3. The average Bonchev–Trinajstić information content (AvgIpc) is 3.08. The number of rotatable bonds is 4. The molecular weight excluding hydrogens is 472 g/mol. The lowest BCUT2D eigenvalue weighted by Gasteiger charge is -2.27. The molecule has 3 N–H and O–H groups in total. The van der Waals surface area contributed by atoms with E-state index in [1.807, 2.05) is 18.2 Å². The zero-order chi connectivity index (χ0) is 21.4. The molecule has 0 saturated carbocycles. The van der Waals surface area contributed by atoms with Gasteiger partial charge in [0, 0.05) is 34.7 Å². The molecule has 30 heavy (non-hydrogen) atoms. The molecule has 3 aromatic rings. The van der Waals surface area contributed by atoms with Crippen molar-refractivity contribution < 1.29 is 14.3 Å². The van der Waals surface area contributed by atoms with Crippen LogP contribution in [0, 0.1) is 0 Å². The lowest BCUT2D eigenvalue weighted by molar-refractivity contribution is -0.121. The van der Waals surface area contributed by atoms with E-state index >= 15 is 0 Å². The summed E-state index contributed by atoms with van der Waals surface area (Å²) in [6, 6.07) is 10.7. The highest BCUT2D eigenvalue weighted by Crippen LogP contribution is 2.37. The van der Waals surface area contributed by atoms with Gasteiger partial charge in [0.2, 0.25) is 5.91 Å². The van der Waals surface area contributed by atoms with Crippen LogP contribution in [-0.4, -0.2) is 29.1 Å². The molecule has 0 saturated heterocycles. The van der Waals surface area contributed by atoms with Crippen LogP contribution in [0.25, 0.3) is 10.9 Å². The molecule has 1 aliphatic heterocycles. The Balaban J connectivity index is 1.69. The minimum atomic E-state index is -0.422.